The first-order valence-electron chi connectivity index (χ1n) is 22.0. The van der Waals surface area contributed by atoms with Crippen LogP contribution in [0.3, 0.4) is 0 Å². The van der Waals surface area contributed by atoms with Crippen molar-refractivity contribution in [2.45, 2.75) is 208 Å². The maximum Gasteiger partial charge on any atom is 0.0780 e. The van der Waals surface area contributed by atoms with Crippen LogP contribution in [0.4, 0.5) is 0 Å². The first kappa shape index (κ1) is 45.3. The van der Waals surface area contributed by atoms with Crippen molar-refractivity contribution in [3.63, 3.8) is 0 Å². The molecule has 0 aromatic rings. The van der Waals surface area contributed by atoms with Gasteiger partial charge in [-0.1, -0.05) is 150 Å². The molecule has 0 aliphatic heterocycles. The number of nitrogens with zero attached hydrogens (tertiary/aromatic N) is 1. The van der Waals surface area contributed by atoms with Crippen LogP contribution in [0.5, 0.6) is 0 Å². The number of aliphatic hydroxyl groups is 1. The van der Waals surface area contributed by atoms with Gasteiger partial charge in [0.1, 0.15) is 0 Å². The molecule has 0 aromatic carbocycles. The van der Waals surface area contributed by atoms with E-state index in [1.165, 1.54) is 154 Å². The van der Waals surface area contributed by atoms with E-state index in [0.717, 1.165) is 52.8 Å². The minimum Gasteiger partial charge on any atom is -1.00 e. The van der Waals surface area contributed by atoms with Gasteiger partial charge in [-0.3, -0.25) is 0 Å². The van der Waals surface area contributed by atoms with Gasteiger partial charge >= 0.3 is 0 Å². The van der Waals surface area contributed by atoms with Crippen LogP contribution >= 0.6 is 0 Å². The van der Waals surface area contributed by atoms with Crippen molar-refractivity contribution in [3.8, 4) is 0 Å². The average molecular weight is 751 g/mol. The van der Waals surface area contributed by atoms with Crippen molar-refractivity contribution in [2.75, 3.05) is 27.7 Å². The predicted octanol–water partition coefficient (Wildman–Crippen LogP) is 10.6. The van der Waals surface area contributed by atoms with Gasteiger partial charge in [-0.05, 0) is 111 Å². The number of quaternary nitrogens is 1. The molecule has 0 bridgehead atoms. The van der Waals surface area contributed by atoms with Gasteiger partial charge < -0.3 is 26.6 Å². The molecule has 1 N–H and O–H groups in total. The summed E-state index contributed by atoms with van der Waals surface area (Å²) in [6.45, 7) is 16.2. The van der Waals surface area contributed by atoms with E-state index in [1.807, 2.05) is 0 Å². The summed E-state index contributed by atoms with van der Waals surface area (Å²) in [7, 11) is 6.88. The standard InChI is InChI=1S/C27H46O.C19H42N.BrH/c1-18(2)7-6-8-19(3)23-11-12-24-22-10-9-20-17-21(28)13-15-26(20,4)25(22)14-16-27(23,24)5;1-5-6-7-8-9-10-11-12-13-14-15-16-17-18-19-20(2,3)4;/h9,18-19,21-25,28H,6-8,10-17H2,1-5H3;5-19H2,1-4H3;1H/q;+1;/p-1/t19?,21-,22-,23+,24-,25-,26-,27+;;/m0../s1. The highest BCUT2D eigenvalue weighted by atomic mass is 79.9. The van der Waals surface area contributed by atoms with Crippen LogP contribution in [0.1, 0.15) is 202 Å². The van der Waals surface area contributed by atoms with Crippen molar-refractivity contribution >= 4 is 0 Å². The monoisotopic (exact) mass is 750 g/mol. The van der Waals surface area contributed by atoms with Gasteiger partial charge in [0.05, 0.1) is 33.8 Å². The highest BCUT2D eigenvalue weighted by Crippen LogP contribution is 2.67. The topological polar surface area (TPSA) is 20.2 Å². The van der Waals surface area contributed by atoms with Gasteiger partial charge in [0, 0.05) is 0 Å². The molecule has 0 amide bonds. The van der Waals surface area contributed by atoms with Crippen LogP contribution in [-0.4, -0.2) is 43.4 Å². The van der Waals surface area contributed by atoms with Gasteiger partial charge in [0.15, 0.2) is 0 Å². The molecule has 0 saturated heterocycles. The highest BCUT2D eigenvalue weighted by Gasteiger charge is 2.59. The van der Waals surface area contributed by atoms with Crippen LogP contribution in [0.2, 0.25) is 0 Å². The Morgan fingerprint density at radius 2 is 1.29 bits per heavy atom. The fourth-order valence-electron chi connectivity index (χ4n) is 11.4. The number of hydrogen-bond acceptors (Lipinski definition) is 1. The third-order valence-electron chi connectivity index (χ3n) is 14.5. The summed E-state index contributed by atoms with van der Waals surface area (Å²) in [6, 6.07) is 0. The molecular weight excluding hydrogens is 662 g/mol. The Bertz CT molecular complexity index is 907. The van der Waals surface area contributed by atoms with Gasteiger partial charge in [0.2, 0.25) is 0 Å². The molecule has 2 nitrogen and oxygen atoms in total. The first-order chi connectivity index (χ1) is 22.8. The number of rotatable bonds is 20. The molecule has 0 aromatic heterocycles. The third-order valence-corrected chi connectivity index (χ3v) is 14.5. The summed E-state index contributed by atoms with van der Waals surface area (Å²) in [6.07, 6.45) is 37.5. The minimum atomic E-state index is -0.0766. The highest BCUT2D eigenvalue weighted by molar-refractivity contribution is 5.25. The molecule has 4 rings (SSSR count). The zero-order valence-electron chi connectivity index (χ0n) is 34.8. The summed E-state index contributed by atoms with van der Waals surface area (Å²) in [5.41, 5.74) is 2.60. The Kier molecular flexibility index (Phi) is 20.7. The number of halogens is 1. The molecule has 1 unspecified atom stereocenters. The molecule has 49 heavy (non-hydrogen) atoms. The van der Waals surface area contributed by atoms with E-state index in [2.05, 4.69) is 68.8 Å². The van der Waals surface area contributed by atoms with Gasteiger partial charge in [0.25, 0.3) is 0 Å². The number of fused-ring (bicyclic) bond motifs is 5. The number of hydrogen-bond donors (Lipinski definition) is 1. The maximum absolute atomic E-state index is 10.2. The van der Waals surface area contributed by atoms with Crippen LogP contribution in [-0.2, 0) is 0 Å². The Morgan fingerprint density at radius 1 is 0.714 bits per heavy atom. The second-order valence-electron chi connectivity index (χ2n) is 19.8. The largest absolute Gasteiger partial charge is 1.00 e. The fraction of sp³-hybridized carbons (Fsp3) is 0.957. The van der Waals surface area contributed by atoms with E-state index < -0.39 is 0 Å². The van der Waals surface area contributed by atoms with Crippen molar-refractivity contribution in [1.82, 2.24) is 0 Å². The second-order valence-corrected chi connectivity index (χ2v) is 19.8. The predicted molar refractivity (Wildman–Crippen MR) is 212 cm³/mol. The lowest BCUT2D eigenvalue weighted by atomic mass is 9.47. The summed E-state index contributed by atoms with van der Waals surface area (Å²) in [5, 5.41) is 10.2. The van der Waals surface area contributed by atoms with Crippen molar-refractivity contribution in [1.29, 1.82) is 0 Å². The Hall–Kier alpha value is 0.140. The lowest BCUT2D eigenvalue weighted by molar-refractivity contribution is -0.870. The Balaban J connectivity index is 0.000000355. The van der Waals surface area contributed by atoms with E-state index in [4.69, 9.17) is 0 Å². The molecule has 3 saturated carbocycles. The van der Waals surface area contributed by atoms with Crippen molar-refractivity contribution in [2.24, 2.45) is 46.3 Å². The smallest absolute Gasteiger partial charge is 0.0780 e. The fourth-order valence-corrected chi connectivity index (χ4v) is 11.4. The third kappa shape index (κ3) is 14.1. The second kappa shape index (κ2) is 22.4. The van der Waals surface area contributed by atoms with Crippen LogP contribution in [0.15, 0.2) is 11.6 Å². The lowest BCUT2D eigenvalue weighted by Gasteiger charge is -2.58. The van der Waals surface area contributed by atoms with Crippen LogP contribution < -0.4 is 17.0 Å². The van der Waals surface area contributed by atoms with E-state index >= 15 is 0 Å². The molecule has 8 atom stereocenters. The molecule has 3 fully saturated rings. The van der Waals surface area contributed by atoms with Crippen molar-refractivity contribution in [3.05, 3.63) is 11.6 Å². The molecule has 3 heteroatoms. The molecule has 0 heterocycles. The number of allylic oxidation sites excluding steroid dienone is 1. The number of aliphatic hydroxyl groups excluding tert-OH is 1. The van der Waals surface area contributed by atoms with Gasteiger partial charge in [-0.25, -0.2) is 0 Å². The molecule has 290 valence electrons. The quantitative estimate of drug-likeness (QED) is 0.0746. The van der Waals surface area contributed by atoms with E-state index in [1.54, 1.807) is 5.57 Å². The van der Waals surface area contributed by atoms with Crippen LogP contribution in [0, 0.1) is 46.3 Å². The van der Waals surface area contributed by atoms with Crippen LogP contribution in [0.25, 0.3) is 0 Å². The minimum absolute atomic E-state index is 0. The molecule has 4 aliphatic rings. The maximum atomic E-state index is 10.2. The van der Waals surface area contributed by atoms with E-state index in [0.29, 0.717) is 10.8 Å². The normalized spacial score (nSPS) is 31.5. The summed E-state index contributed by atoms with van der Waals surface area (Å²) >= 11 is 0. The Labute approximate surface area is 319 Å². The lowest BCUT2D eigenvalue weighted by Crippen LogP contribution is -3.00. The number of unbranched alkanes of at least 4 members (excludes halogenated alkanes) is 13. The van der Waals surface area contributed by atoms with Crippen molar-refractivity contribution < 1.29 is 26.6 Å². The first-order valence-corrected chi connectivity index (χ1v) is 22.0. The molecule has 0 radical (unpaired) electrons. The molecular formula is C46H88BrNO. The SMILES string of the molecule is CC(C)CCCC(C)[C@H]1CC[C@H]2[C@@H]3CC=C4C[C@@H](O)CC[C@]4(C)[C@H]3CC[C@]12C.CCCCCCCCCCCCCCCC[N+](C)(C)C.[Br-]. The summed E-state index contributed by atoms with van der Waals surface area (Å²) < 4.78 is 1.12. The van der Waals surface area contributed by atoms with Gasteiger partial charge in [-0.2, -0.15) is 0 Å². The molecule has 4 aliphatic carbocycles. The zero-order valence-corrected chi connectivity index (χ0v) is 36.4. The van der Waals surface area contributed by atoms with E-state index in [-0.39, 0.29) is 23.1 Å². The molecule has 0 spiro atoms. The van der Waals surface area contributed by atoms with Gasteiger partial charge in [-0.15, -0.1) is 0 Å². The summed E-state index contributed by atoms with van der Waals surface area (Å²) in [5.74, 6) is 5.46. The summed E-state index contributed by atoms with van der Waals surface area (Å²) in [4.78, 5) is 0. The van der Waals surface area contributed by atoms with E-state index in [9.17, 15) is 5.11 Å². The zero-order chi connectivity index (χ0) is 35.2. The average Bonchev–Trinajstić information content (AvgIpc) is 3.38. The Morgan fingerprint density at radius 3 is 1.84 bits per heavy atom.